The molecule has 0 spiro atoms. The van der Waals surface area contributed by atoms with E-state index < -0.39 is 0 Å². The van der Waals surface area contributed by atoms with Crippen molar-refractivity contribution in [1.29, 1.82) is 0 Å². The van der Waals surface area contributed by atoms with E-state index in [4.69, 9.17) is 9.47 Å². The second kappa shape index (κ2) is 8.77. The minimum atomic E-state index is -0.0404. The fourth-order valence-corrected chi connectivity index (χ4v) is 3.73. The summed E-state index contributed by atoms with van der Waals surface area (Å²) in [5.41, 5.74) is 1.62. The lowest BCUT2D eigenvalue weighted by Crippen LogP contribution is -2.29. The number of ether oxygens (including phenoxy) is 2. The van der Waals surface area contributed by atoms with Gasteiger partial charge in [0.25, 0.3) is 5.91 Å². The van der Waals surface area contributed by atoms with Crippen LogP contribution in [0.1, 0.15) is 18.9 Å². The Morgan fingerprint density at radius 3 is 2.56 bits per heavy atom. The lowest BCUT2D eigenvalue weighted by molar-refractivity contribution is -0.122. The highest BCUT2D eigenvalue weighted by molar-refractivity contribution is 8.18. The summed E-state index contributed by atoms with van der Waals surface area (Å²) in [6.07, 6.45) is 2.69. The summed E-state index contributed by atoms with van der Waals surface area (Å²) in [5, 5.41) is 0.696. The van der Waals surface area contributed by atoms with Gasteiger partial charge in [0.05, 0.1) is 24.8 Å². The molecule has 1 saturated heterocycles. The molecule has 3 rings (SSSR count). The van der Waals surface area contributed by atoms with E-state index in [2.05, 4.69) is 4.99 Å². The Hall–Kier alpha value is -2.73. The summed E-state index contributed by atoms with van der Waals surface area (Å²) in [6, 6.07) is 15.2. The van der Waals surface area contributed by atoms with Crippen LogP contribution in [0.2, 0.25) is 0 Å². The molecule has 6 heteroatoms. The standard InChI is InChI=1S/C21H22N2O3S/c1-4-12-23-20(24)19(27-21(23)22-16-8-6-5-7-9-16)14-15-13-17(25-2)10-11-18(15)26-3/h5-11,13-14H,4,12H2,1-3H3. The predicted molar refractivity (Wildman–Crippen MR) is 111 cm³/mol. The molecule has 1 fully saturated rings. The fourth-order valence-electron chi connectivity index (χ4n) is 2.72. The van der Waals surface area contributed by atoms with Gasteiger partial charge in [0, 0.05) is 12.1 Å². The molecule has 1 heterocycles. The van der Waals surface area contributed by atoms with Crippen LogP contribution in [-0.2, 0) is 4.79 Å². The van der Waals surface area contributed by atoms with Gasteiger partial charge in [0.15, 0.2) is 5.17 Å². The Morgan fingerprint density at radius 2 is 1.89 bits per heavy atom. The van der Waals surface area contributed by atoms with Crippen LogP contribution in [-0.4, -0.2) is 36.7 Å². The third kappa shape index (κ3) is 4.34. The van der Waals surface area contributed by atoms with E-state index in [1.54, 1.807) is 19.1 Å². The summed E-state index contributed by atoms with van der Waals surface area (Å²) in [4.78, 5) is 20.0. The summed E-state index contributed by atoms with van der Waals surface area (Å²) in [5.74, 6) is 1.36. The number of hydrogen-bond donors (Lipinski definition) is 0. The summed E-state index contributed by atoms with van der Waals surface area (Å²) in [7, 11) is 3.22. The summed E-state index contributed by atoms with van der Waals surface area (Å²) < 4.78 is 10.7. The fraction of sp³-hybridized carbons (Fsp3) is 0.238. The van der Waals surface area contributed by atoms with Crippen LogP contribution in [0.15, 0.2) is 58.4 Å². The number of rotatable bonds is 6. The van der Waals surface area contributed by atoms with Gasteiger partial charge in [-0.2, -0.15) is 0 Å². The number of para-hydroxylation sites is 1. The van der Waals surface area contributed by atoms with Gasteiger partial charge in [-0.15, -0.1) is 0 Å². The first-order chi connectivity index (χ1) is 13.2. The zero-order valence-corrected chi connectivity index (χ0v) is 16.5. The molecule has 1 amide bonds. The Morgan fingerprint density at radius 1 is 1.11 bits per heavy atom. The van der Waals surface area contributed by atoms with Crippen LogP contribution in [0, 0.1) is 0 Å². The third-order valence-corrected chi connectivity index (χ3v) is 5.05. The highest BCUT2D eigenvalue weighted by Gasteiger charge is 2.33. The van der Waals surface area contributed by atoms with Crippen LogP contribution in [0.3, 0.4) is 0 Å². The number of carbonyl (C=O) groups is 1. The number of thioether (sulfide) groups is 1. The lowest BCUT2D eigenvalue weighted by Gasteiger charge is -2.13. The maximum absolute atomic E-state index is 12.9. The zero-order valence-electron chi connectivity index (χ0n) is 15.6. The number of nitrogens with zero attached hydrogens (tertiary/aromatic N) is 2. The van der Waals surface area contributed by atoms with E-state index in [0.717, 1.165) is 17.7 Å². The number of carbonyl (C=O) groups excluding carboxylic acids is 1. The molecule has 27 heavy (non-hydrogen) atoms. The first kappa shape index (κ1) is 19.0. The maximum Gasteiger partial charge on any atom is 0.266 e. The minimum Gasteiger partial charge on any atom is -0.497 e. The van der Waals surface area contributed by atoms with Gasteiger partial charge in [-0.3, -0.25) is 9.69 Å². The number of benzene rings is 2. The van der Waals surface area contributed by atoms with Gasteiger partial charge in [0.2, 0.25) is 0 Å². The normalized spacial score (nSPS) is 17.0. The number of hydrogen-bond acceptors (Lipinski definition) is 5. The van der Waals surface area contributed by atoms with E-state index >= 15 is 0 Å². The van der Waals surface area contributed by atoms with E-state index in [1.807, 2.05) is 61.5 Å². The summed E-state index contributed by atoms with van der Waals surface area (Å²) >= 11 is 1.38. The van der Waals surface area contributed by atoms with Gasteiger partial charge in [-0.1, -0.05) is 25.1 Å². The number of amides is 1. The molecular formula is C21H22N2O3S. The monoisotopic (exact) mass is 382 g/mol. The van der Waals surface area contributed by atoms with Gasteiger partial charge in [0.1, 0.15) is 11.5 Å². The Labute approximate surface area is 163 Å². The van der Waals surface area contributed by atoms with Crippen LogP contribution >= 0.6 is 11.8 Å². The van der Waals surface area contributed by atoms with Crippen molar-refractivity contribution in [3.8, 4) is 11.5 Å². The Kier molecular flexibility index (Phi) is 6.19. The third-order valence-electron chi connectivity index (χ3n) is 4.04. The van der Waals surface area contributed by atoms with Gasteiger partial charge < -0.3 is 9.47 Å². The molecule has 2 aromatic carbocycles. The molecule has 0 unspecified atom stereocenters. The van der Waals surface area contributed by atoms with Gasteiger partial charge >= 0.3 is 0 Å². The molecule has 0 aromatic heterocycles. The first-order valence-electron chi connectivity index (χ1n) is 8.73. The highest BCUT2D eigenvalue weighted by Crippen LogP contribution is 2.36. The van der Waals surface area contributed by atoms with Crippen molar-refractivity contribution in [2.24, 2.45) is 4.99 Å². The molecular weight excluding hydrogens is 360 g/mol. The molecule has 0 radical (unpaired) electrons. The van der Waals surface area contributed by atoms with Crippen LogP contribution in [0.5, 0.6) is 11.5 Å². The van der Waals surface area contributed by atoms with Crippen molar-refractivity contribution < 1.29 is 14.3 Å². The van der Waals surface area contributed by atoms with Gasteiger partial charge in [-0.05, 0) is 54.6 Å². The smallest absolute Gasteiger partial charge is 0.266 e. The van der Waals surface area contributed by atoms with Gasteiger partial charge in [-0.25, -0.2) is 4.99 Å². The van der Waals surface area contributed by atoms with Crippen molar-refractivity contribution in [2.75, 3.05) is 20.8 Å². The molecule has 0 saturated carbocycles. The minimum absolute atomic E-state index is 0.0404. The van der Waals surface area contributed by atoms with Crippen molar-refractivity contribution in [2.45, 2.75) is 13.3 Å². The quantitative estimate of drug-likeness (QED) is 0.679. The number of amidine groups is 1. The average molecular weight is 382 g/mol. The topological polar surface area (TPSA) is 51.1 Å². The molecule has 2 aromatic rings. The number of aliphatic imine (C=N–C) groups is 1. The zero-order chi connectivity index (χ0) is 19.2. The largest absolute Gasteiger partial charge is 0.497 e. The molecule has 0 N–H and O–H groups in total. The van der Waals surface area contributed by atoms with E-state index in [1.165, 1.54) is 11.8 Å². The molecule has 1 aliphatic rings. The van der Waals surface area contributed by atoms with Crippen LogP contribution < -0.4 is 9.47 Å². The molecule has 1 aliphatic heterocycles. The van der Waals surface area contributed by atoms with Crippen LogP contribution in [0.25, 0.3) is 6.08 Å². The SMILES string of the molecule is CCCN1C(=O)C(=Cc2cc(OC)ccc2OC)SC1=Nc1ccccc1. The molecule has 5 nitrogen and oxygen atoms in total. The Bertz CT molecular complexity index is 878. The van der Waals surface area contributed by atoms with E-state index in [9.17, 15) is 4.79 Å². The first-order valence-corrected chi connectivity index (χ1v) is 9.55. The molecule has 0 bridgehead atoms. The predicted octanol–water partition coefficient (Wildman–Crippen LogP) is 4.72. The highest BCUT2D eigenvalue weighted by atomic mass is 32.2. The second-order valence-corrected chi connectivity index (χ2v) is 6.91. The average Bonchev–Trinajstić information content (AvgIpc) is 2.98. The molecule has 0 aliphatic carbocycles. The Balaban J connectivity index is 1.98. The lowest BCUT2D eigenvalue weighted by atomic mass is 10.1. The maximum atomic E-state index is 12.9. The van der Waals surface area contributed by atoms with Crippen molar-refractivity contribution in [3.63, 3.8) is 0 Å². The molecule has 0 atom stereocenters. The second-order valence-electron chi connectivity index (χ2n) is 5.91. The van der Waals surface area contributed by atoms with Crippen LogP contribution in [0.4, 0.5) is 5.69 Å². The van der Waals surface area contributed by atoms with Crippen molar-refractivity contribution in [3.05, 3.63) is 59.0 Å². The summed E-state index contributed by atoms with van der Waals surface area (Å²) in [6.45, 7) is 2.68. The number of methoxy groups -OCH3 is 2. The molecule has 140 valence electrons. The van der Waals surface area contributed by atoms with E-state index in [-0.39, 0.29) is 5.91 Å². The van der Waals surface area contributed by atoms with E-state index in [0.29, 0.717) is 28.1 Å². The van der Waals surface area contributed by atoms with Crippen molar-refractivity contribution >= 4 is 34.6 Å². The van der Waals surface area contributed by atoms with Crippen molar-refractivity contribution in [1.82, 2.24) is 4.90 Å².